The molecule has 1 aromatic rings. The molecule has 1 aromatic heterocycles. The van der Waals surface area contributed by atoms with Gasteiger partial charge in [-0.3, -0.25) is 9.69 Å². The SMILES string of the molecule is Cn1ccnc1CN1CCCN(C(=O)C[C@H]2CCCO2)CC1. The van der Waals surface area contributed by atoms with Crippen molar-refractivity contribution in [1.29, 1.82) is 0 Å². The predicted molar refractivity (Wildman–Crippen MR) is 83.3 cm³/mol. The lowest BCUT2D eigenvalue weighted by Gasteiger charge is -2.23. The second kappa shape index (κ2) is 7.24. The molecule has 3 heterocycles. The Morgan fingerprint density at radius 2 is 2.23 bits per heavy atom. The van der Waals surface area contributed by atoms with Gasteiger partial charge in [-0.05, 0) is 19.3 Å². The zero-order valence-corrected chi connectivity index (χ0v) is 13.4. The van der Waals surface area contributed by atoms with Crippen molar-refractivity contribution in [1.82, 2.24) is 19.4 Å². The van der Waals surface area contributed by atoms with E-state index in [-0.39, 0.29) is 12.0 Å². The highest BCUT2D eigenvalue weighted by Gasteiger charge is 2.24. The van der Waals surface area contributed by atoms with Crippen molar-refractivity contribution < 1.29 is 9.53 Å². The number of ether oxygens (including phenoxy) is 1. The highest BCUT2D eigenvalue weighted by atomic mass is 16.5. The normalized spacial score (nSPS) is 23.7. The van der Waals surface area contributed by atoms with Crippen molar-refractivity contribution in [3.8, 4) is 0 Å². The second-order valence-electron chi connectivity index (χ2n) is 6.30. The van der Waals surface area contributed by atoms with Gasteiger partial charge in [0.2, 0.25) is 5.91 Å². The number of rotatable bonds is 4. The van der Waals surface area contributed by atoms with Gasteiger partial charge in [0.15, 0.2) is 0 Å². The van der Waals surface area contributed by atoms with Crippen LogP contribution in [0.5, 0.6) is 0 Å². The van der Waals surface area contributed by atoms with E-state index in [2.05, 4.69) is 14.5 Å². The van der Waals surface area contributed by atoms with Gasteiger partial charge in [-0.2, -0.15) is 0 Å². The molecule has 3 rings (SSSR count). The summed E-state index contributed by atoms with van der Waals surface area (Å²) >= 11 is 0. The number of hydrogen-bond acceptors (Lipinski definition) is 4. The summed E-state index contributed by atoms with van der Waals surface area (Å²) in [5, 5.41) is 0. The molecule has 0 aliphatic carbocycles. The van der Waals surface area contributed by atoms with Crippen LogP contribution >= 0.6 is 0 Å². The number of amides is 1. The van der Waals surface area contributed by atoms with Crippen LogP contribution in [0.2, 0.25) is 0 Å². The van der Waals surface area contributed by atoms with E-state index in [1.54, 1.807) is 0 Å². The van der Waals surface area contributed by atoms with E-state index < -0.39 is 0 Å². The van der Waals surface area contributed by atoms with Crippen molar-refractivity contribution in [2.24, 2.45) is 7.05 Å². The Morgan fingerprint density at radius 1 is 1.32 bits per heavy atom. The first-order valence-corrected chi connectivity index (χ1v) is 8.30. The van der Waals surface area contributed by atoms with Crippen molar-refractivity contribution in [3.05, 3.63) is 18.2 Å². The van der Waals surface area contributed by atoms with E-state index in [0.29, 0.717) is 6.42 Å². The van der Waals surface area contributed by atoms with Gasteiger partial charge in [0, 0.05) is 52.2 Å². The molecular weight excluding hydrogens is 280 g/mol. The second-order valence-corrected chi connectivity index (χ2v) is 6.30. The molecule has 0 unspecified atom stereocenters. The molecule has 2 fully saturated rings. The zero-order valence-electron chi connectivity index (χ0n) is 13.4. The van der Waals surface area contributed by atoms with Gasteiger partial charge in [0.1, 0.15) is 5.82 Å². The molecule has 1 amide bonds. The molecule has 0 bridgehead atoms. The van der Waals surface area contributed by atoms with Crippen LogP contribution in [0.25, 0.3) is 0 Å². The maximum Gasteiger partial charge on any atom is 0.225 e. The van der Waals surface area contributed by atoms with Crippen LogP contribution in [0, 0.1) is 0 Å². The summed E-state index contributed by atoms with van der Waals surface area (Å²) in [6, 6.07) is 0. The smallest absolute Gasteiger partial charge is 0.225 e. The highest BCUT2D eigenvalue weighted by Crippen LogP contribution is 2.17. The lowest BCUT2D eigenvalue weighted by molar-refractivity contribution is -0.133. The molecule has 2 aliphatic heterocycles. The number of nitrogens with zero attached hydrogens (tertiary/aromatic N) is 4. The van der Waals surface area contributed by atoms with Gasteiger partial charge in [-0.15, -0.1) is 0 Å². The van der Waals surface area contributed by atoms with Crippen LogP contribution in [0.3, 0.4) is 0 Å². The number of aromatic nitrogens is 2. The maximum absolute atomic E-state index is 12.4. The minimum Gasteiger partial charge on any atom is -0.378 e. The minimum absolute atomic E-state index is 0.152. The van der Waals surface area contributed by atoms with Crippen LogP contribution in [0.4, 0.5) is 0 Å². The van der Waals surface area contributed by atoms with E-state index in [9.17, 15) is 4.79 Å². The molecule has 6 heteroatoms. The Kier molecular flexibility index (Phi) is 5.10. The fraction of sp³-hybridized carbons (Fsp3) is 0.750. The average molecular weight is 306 g/mol. The summed E-state index contributed by atoms with van der Waals surface area (Å²) < 4.78 is 7.64. The summed E-state index contributed by atoms with van der Waals surface area (Å²) in [6.07, 6.45) is 7.68. The lowest BCUT2D eigenvalue weighted by Crippen LogP contribution is -2.36. The highest BCUT2D eigenvalue weighted by molar-refractivity contribution is 5.76. The number of carbonyl (C=O) groups excluding carboxylic acids is 1. The molecule has 6 nitrogen and oxygen atoms in total. The summed E-state index contributed by atoms with van der Waals surface area (Å²) in [6.45, 7) is 5.30. The molecular formula is C16H26N4O2. The first kappa shape index (κ1) is 15.5. The van der Waals surface area contributed by atoms with Gasteiger partial charge in [0.05, 0.1) is 19.1 Å². The molecule has 0 spiro atoms. The van der Waals surface area contributed by atoms with E-state index >= 15 is 0 Å². The van der Waals surface area contributed by atoms with Crippen LogP contribution in [0.15, 0.2) is 12.4 Å². The first-order chi connectivity index (χ1) is 10.7. The lowest BCUT2D eigenvalue weighted by atomic mass is 10.1. The standard InChI is InChI=1S/C16H26N4O2/c1-18-8-5-17-15(18)13-19-6-3-7-20(10-9-19)16(21)12-14-4-2-11-22-14/h5,8,14H,2-4,6-7,9-13H2,1H3/t14-/m1/s1. The Labute approximate surface area is 132 Å². The maximum atomic E-state index is 12.4. The van der Waals surface area contributed by atoms with Gasteiger partial charge in [-0.1, -0.05) is 0 Å². The molecule has 2 saturated heterocycles. The number of carbonyl (C=O) groups is 1. The molecule has 22 heavy (non-hydrogen) atoms. The van der Waals surface area contributed by atoms with Crippen LogP contribution in [-0.4, -0.2) is 64.1 Å². The summed E-state index contributed by atoms with van der Waals surface area (Å²) in [4.78, 5) is 21.2. The van der Waals surface area contributed by atoms with Gasteiger partial charge < -0.3 is 14.2 Å². The monoisotopic (exact) mass is 306 g/mol. The number of imidazole rings is 1. The topological polar surface area (TPSA) is 50.6 Å². The first-order valence-electron chi connectivity index (χ1n) is 8.30. The summed E-state index contributed by atoms with van der Waals surface area (Å²) in [5.41, 5.74) is 0. The summed E-state index contributed by atoms with van der Waals surface area (Å²) in [7, 11) is 2.03. The van der Waals surface area contributed by atoms with Crippen LogP contribution < -0.4 is 0 Å². The third kappa shape index (κ3) is 3.87. The van der Waals surface area contributed by atoms with Crippen LogP contribution in [0.1, 0.15) is 31.5 Å². The molecule has 122 valence electrons. The van der Waals surface area contributed by atoms with E-state index in [4.69, 9.17) is 4.74 Å². The minimum atomic E-state index is 0.152. The van der Waals surface area contributed by atoms with Crippen molar-refractivity contribution in [2.45, 2.75) is 38.3 Å². The largest absolute Gasteiger partial charge is 0.378 e. The number of aryl methyl sites for hydroxylation is 1. The predicted octanol–water partition coefficient (Wildman–Crippen LogP) is 1.02. The third-order valence-corrected chi connectivity index (χ3v) is 4.65. The fourth-order valence-corrected chi connectivity index (χ4v) is 3.26. The fourth-order valence-electron chi connectivity index (χ4n) is 3.26. The average Bonchev–Trinajstić information content (AvgIpc) is 3.08. The van der Waals surface area contributed by atoms with E-state index in [1.807, 2.05) is 24.3 Å². The Bertz CT molecular complexity index is 496. The Morgan fingerprint density at radius 3 is 2.95 bits per heavy atom. The quantitative estimate of drug-likeness (QED) is 0.833. The van der Waals surface area contributed by atoms with Gasteiger partial charge >= 0.3 is 0 Å². The van der Waals surface area contributed by atoms with Gasteiger partial charge in [-0.25, -0.2) is 4.98 Å². The van der Waals surface area contributed by atoms with Gasteiger partial charge in [0.25, 0.3) is 0 Å². The van der Waals surface area contributed by atoms with Crippen molar-refractivity contribution in [3.63, 3.8) is 0 Å². The molecule has 0 aromatic carbocycles. The zero-order chi connectivity index (χ0) is 15.4. The summed E-state index contributed by atoms with van der Waals surface area (Å²) in [5.74, 6) is 1.34. The third-order valence-electron chi connectivity index (χ3n) is 4.65. The number of hydrogen-bond donors (Lipinski definition) is 0. The van der Waals surface area contributed by atoms with E-state index in [0.717, 1.165) is 64.4 Å². The molecule has 0 N–H and O–H groups in total. The molecule has 2 aliphatic rings. The van der Waals surface area contributed by atoms with Crippen molar-refractivity contribution in [2.75, 3.05) is 32.8 Å². The Hall–Kier alpha value is -1.40. The molecule has 0 saturated carbocycles. The molecule has 1 atom stereocenters. The van der Waals surface area contributed by atoms with Crippen molar-refractivity contribution >= 4 is 5.91 Å². The van der Waals surface area contributed by atoms with E-state index in [1.165, 1.54) is 0 Å². The Balaban J connectivity index is 1.48. The molecule has 0 radical (unpaired) electrons. The van der Waals surface area contributed by atoms with Crippen LogP contribution in [-0.2, 0) is 23.1 Å².